The van der Waals surface area contributed by atoms with Gasteiger partial charge < -0.3 is 5.32 Å². The van der Waals surface area contributed by atoms with Crippen molar-refractivity contribution < 1.29 is 0 Å². The van der Waals surface area contributed by atoms with Crippen molar-refractivity contribution in [2.24, 2.45) is 5.92 Å². The Hall–Kier alpha value is -0.470. The summed E-state index contributed by atoms with van der Waals surface area (Å²) in [6, 6.07) is 4.61. The van der Waals surface area contributed by atoms with Crippen molar-refractivity contribution in [2.75, 3.05) is 18.6 Å². The second-order valence-electron chi connectivity index (χ2n) is 5.05. The fourth-order valence-corrected chi connectivity index (χ4v) is 2.69. The van der Waals surface area contributed by atoms with Crippen molar-refractivity contribution in [1.29, 1.82) is 0 Å². The molecule has 1 nitrogen and oxygen atoms in total. The topological polar surface area (TPSA) is 12.0 Å². The molecule has 17 heavy (non-hydrogen) atoms. The quantitative estimate of drug-likeness (QED) is 0.827. The van der Waals surface area contributed by atoms with Crippen LogP contribution in [0.4, 0.5) is 0 Å². The van der Waals surface area contributed by atoms with Crippen molar-refractivity contribution in [3.63, 3.8) is 0 Å². The van der Waals surface area contributed by atoms with Gasteiger partial charge in [0.2, 0.25) is 0 Å². The third kappa shape index (κ3) is 4.72. The largest absolute Gasteiger partial charge is 0.312 e. The Balaban J connectivity index is 2.49. The van der Waals surface area contributed by atoms with Crippen molar-refractivity contribution in [1.82, 2.24) is 5.32 Å². The molecule has 0 fully saturated rings. The van der Waals surface area contributed by atoms with E-state index in [1.165, 1.54) is 28.0 Å². The van der Waals surface area contributed by atoms with Crippen molar-refractivity contribution >= 4 is 11.8 Å². The van der Waals surface area contributed by atoms with Gasteiger partial charge in [0.05, 0.1) is 0 Å². The SMILES string of the molecule is CSCC(C)CNCc1cc(C)c(C)cc1C. The van der Waals surface area contributed by atoms with E-state index in [-0.39, 0.29) is 0 Å². The molecular weight excluding hydrogens is 226 g/mol. The molecule has 0 radical (unpaired) electrons. The van der Waals surface area contributed by atoms with E-state index in [9.17, 15) is 0 Å². The maximum atomic E-state index is 3.56. The summed E-state index contributed by atoms with van der Waals surface area (Å²) in [7, 11) is 0. The Morgan fingerprint density at radius 1 is 1.12 bits per heavy atom. The minimum atomic E-state index is 0.747. The number of aryl methyl sites for hydroxylation is 3. The lowest BCUT2D eigenvalue weighted by molar-refractivity contribution is 0.558. The molecule has 0 saturated heterocycles. The number of benzene rings is 1. The Kier molecular flexibility index (Phi) is 6.07. The standard InChI is InChI=1S/C15H25NS/c1-11(10-17-5)8-16-9-15-7-13(3)12(2)6-14(15)4/h6-7,11,16H,8-10H2,1-5H3. The zero-order valence-corrected chi connectivity index (χ0v) is 12.6. The summed E-state index contributed by atoms with van der Waals surface area (Å²) in [5, 5.41) is 3.56. The molecule has 0 aliphatic carbocycles. The van der Waals surface area contributed by atoms with E-state index in [1.807, 2.05) is 11.8 Å². The number of rotatable bonds is 6. The zero-order chi connectivity index (χ0) is 12.8. The third-order valence-electron chi connectivity index (χ3n) is 3.21. The number of thioether (sulfide) groups is 1. The maximum Gasteiger partial charge on any atom is 0.0208 e. The second kappa shape index (κ2) is 7.07. The average molecular weight is 251 g/mol. The molecule has 1 N–H and O–H groups in total. The molecule has 2 heteroatoms. The third-order valence-corrected chi connectivity index (χ3v) is 4.11. The van der Waals surface area contributed by atoms with Gasteiger partial charge in [-0.05, 0) is 67.5 Å². The van der Waals surface area contributed by atoms with Crippen LogP contribution in [0.25, 0.3) is 0 Å². The Labute approximate surface area is 110 Å². The van der Waals surface area contributed by atoms with Gasteiger partial charge >= 0.3 is 0 Å². The van der Waals surface area contributed by atoms with Gasteiger partial charge in [0.15, 0.2) is 0 Å². The summed E-state index contributed by atoms with van der Waals surface area (Å²) < 4.78 is 0. The van der Waals surface area contributed by atoms with Gasteiger partial charge in [0.1, 0.15) is 0 Å². The molecule has 1 atom stereocenters. The van der Waals surface area contributed by atoms with Crippen LogP contribution in [0.15, 0.2) is 12.1 Å². The van der Waals surface area contributed by atoms with E-state index in [0.29, 0.717) is 0 Å². The molecule has 1 rings (SSSR count). The van der Waals surface area contributed by atoms with E-state index in [2.05, 4.69) is 51.4 Å². The average Bonchev–Trinajstić information content (AvgIpc) is 2.26. The van der Waals surface area contributed by atoms with Crippen molar-refractivity contribution in [2.45, 2.75) is 34.2 Å². The van der Waals surface area contributed by atoms with Gasteiger partial charge in [-0.15, -0.1) is 0 Å². The van der Waals surface area contributed by atoms with Crippen LogP contribution in [0, 0.1) is 26.7 Å². The van der Waals surface area contributed by atoms with Gasteiger partial charge in [-0.2, -0.15) is 11.8 Å². The van der Waals surface area contributed by atoms with Crippen molar-refractivity contribution in [3.8, 4) is 0 Å². The van der Waals surface area contributed by atoms with Gasteiger partial charge in [0, 0.05) is 6.54 Å². The Morgan fingerprint density at radius 2 is 1.76 bits per heavy atom. The van der Waals surface area contributed by atoms with Gasteiger partial charge in [-0.1, -0.05) is 19.1 Å². The molecule has 0 aromatic heterocycles. The minimum Gasteiger partial charge on any atom is -0.312 e. The van der Waals surface area contributed by atoms with E-state index in [0.717, 1.165) is 19.0 Å². The highest BCUT2D eigenvalue weighted by atomic mass is 32.2. The van der Waals surface area contributed by atoms with Crippen LogP contribution in [-0.2, 0) is 6.54 Å². The highest BCUT2D eigenvalue weighted by Gasteiger charge is 2.03. The predicted molar refractivity (Wildman–Crippen MR) is 79.9 cm³/mol. The van der Waals surface area contributed by atoms with Crippen LogP contribution in [0.3, 0.4) is 0 Å². The molecule has 0 aliphatic heterocycles. The smallest absolute Gasteiger partial charge is 0.0208 e. The van der Waals surface area contributed by atoms with Crippen molar-refractivity contribution in [3.05, 3.63) is 34.4 Å². The second-order valence-corrected chi connectivity index (χ2v) is 5.97. The molecule has 0 aliphatic rings. The molecule has 96 valence electrons. The molecule has 0 spiro atoms. The fourth-order valence-electron chi connectivity index (χ4n) is 2.01. The highest BCUT2D eigenvalue weighted by molar-refractivity contribution is 7.98. The predicted octanol–water partition coefficient (Wildman–Crippen LogP) is 3.70. The van der Waals surface area contributed by atoms with E-state index in [4.69, 9.17) is 0 Å². The molecule has 1 aromatic rings. The summed E-state index contributed by atoms with van der Waals surface area (Å²) in [4.78, 5) is 0. The van der Waals surface area contributed by atoms with Gasteiger partial charge in [-0.25, -0.2) is 0 Å². The summed E-state index contributed by atoms with van der Waals surface area (Å²) in [5.74, 6) is 1.98. The van der Waals surface area contributed by atoms with Crippen LogP contribution in [-0.4, -0.2) is 18.6 Å². The van der Waals surface area contributed by atoms with E-state index in [1.54, 1.807) is 0 Å². The molecule has 1 unspecified atom stereocenters. The fraction of sp³-hybridized carbons (Fsp3) is 0.600. The molecule has 0 saturated carbocycles. The zero-order valence-electron chi connectivity index (χ0n) is 11.8. The molecular formula is C15H25NS. The van der Waals surface area contributed by atoms with Crippen LogP contribution in [0.5, 0.6) is 0 Å². The first kappa shape index (κ1) is 14.6. The number of hydrogen-bond acceptors (Lipinski definition) is 2. The monoisotopic (exact) mass is 251 g/mol. The minimum absolute atomic E-state index is 0.747. The summed E-state index contributed by atoms with van der Waals surface area (Å²) in [6.45, 7) is 11.0. The summed E-state index contributed by atoms with van der Waals surface area (Å²) in [6.07, 6.45) is 2.17. The lowest BCUT2D eigenvalue weighted by Crippen LogP contribution is -2.22. The first-order valence-corrected chi connectivity index (χ1v) is 7.70. The molecule has 0 heterocycles. The molecule has 1 aromatic carbocycles. The summed E-state index contributed by atoms with van der Waals surface area (Å²) >= 11 is 1.92. The number of nitrogens with one attached hydrogen (secondary N) is 1. The molecule has 0 bridgehead atoms. The Morgan fingerprint density at radius 3 is 2.41 bits per heavy atom. The van der Waals surface area contributed by atoms with E-state index >= 15 is 0 Å². The lowest BCUT2D eigenvalue weighted by Gasteiger charge is -2.14. The maximum absolute atomic E-state index is 3.56. The Bertz CT molecular complexity index is 360. The van der Waals surface area contributed by atoms with Crippen LogP contribution in [0.1, 0.15) is 29.2 Å². The van der Waals surface area contributed by atoms with Crippen LogP contribution < -0.4 is 5.32 Å². The van der Waals surface area contributed by atoms with Crippen LogP contribution >= 0.6 is 11.8 Å². The molecule has 0 amide bonds. The normalized spacial score (nSPS) is 12.8. The lowest BCUT2D eigenvalue weighted by atomic mass is 10.0. The first-order chi connectivity index (χ1) is 8.04. The van der Waals surface area contributed by atoms with Gasteiger partial charge in [0.25, 0.3) is 0 Å². The van der Waals surface area contributed by atoms with E-state index < -0.39 is 0 Å². The summed E-state index contributed by atoms with van der Waals surface area (Å²) in [5.41, 5.74) is 5.62. The highest BCUT2D eigenvalue weighted by Crippen LogP contribution is 2.15. The first-order valence-electron chi connectivity index (χ1n) is 6.31. The van der Waals surface area contributed by atoms with Gasteiger partial charge in [-0.3, -0.25) is 0 Å². The number of hydrogen-bond donors (Lipinski definition) is 1. The van der Waals surface area contributed by atoms with Crippen LogP contribution in [0.2, 0.25) is 0 Å².